The van der Waals surface area contributed by atoms with Crippen molar-refractivity contribution in [2.75, 3.05) is 6.54 Å². The second-order valence-electron chi connectivity index (χ2n) is 7.55. The number of benzene rings is 2. The minimum atomic E-state index is -1.10. The molecule has 0 aliphatic carbocycles. The molecule has 0 unspecified atom stereocenters. The monoisotopic (exact) mass is 440 g/mol. The zero-order valence-electron chi connectivity index (χ0n) is 17.5. The third-order valence-corrected chi connectivity index (χ3v) is 5.34. The molecular weight excluding hydrogens is 420 g/mol. The van der Waals surface area contributed by atoms with E-state index in [2.05, 4.69) is 16.4 Å². The van der Waals surface area contributed by atoms with Gasteiger partial charge in [0.15, 0.2) is 0 Å². The van der Waals surface area contributed by atoms with E-state index in [1.807, 2.05) is 18.2 Å². The topological polar surface area (TPSA) is 128 Å². The Labute approximate surface area is 188 Å². The van der Waals surface area contributed by atoms with Gasteiger partial charge in [0.25, 0.3) is 11.5 Å². The lowest BCUT2D eigenvalue weighted by atomic mass is 10.0. The number of amides is 1. The van der Waals surface area contributed by atoms with E-state index in [4.69, 9.17) is 5.11 Å². The number of nitrogens with zero attached hydrogens (tertiary/aromatic N) is 2. The zero-order chi connectivity index (χ0) is 23.4. The smallest absolute Gasteiger partial charge is 0.323 e. The van der Waals surface area contributed by atoms with Crippen molar-refractivity contribution in [2.24, 2.45) is 0 Å². The highest BCUT2D eigenvalue weighted by Crippen LogP contribution is 2.20. The summed E-state index contributed by atoms with van der Waals surface area (Å²) in [6.45, 7) is 0.0283. The van der Waals surface area contributed by atoms with E-state index in [-0.39, 0.29) is 5.91 Å². The van der Waals surface area contributed by atoms with Crippen LogP contribution < -0.4 is 10.9 Å². The Morgan fingerprint density at radius 3 is 2.55 bits per heavy atom. The maximum absolute atomic E-state index is 12.5. The number of hydrogen-bond acceptors (Lipinski definition) is 4. The summed E-state index contributed by atoms with van der Waals surface area (Å²) in [6.07, 6.45) is 3.80. The number of aromatic amines is 1. The second kappa shape index (κ2) is 9.24. The Morgan fingerprint density at radius 2 is 1.82 bits per heavy atom. The first-order valence-corrected chi connectivity index (χ1v) is 10.3. The van der Waals surface area contributed by atoms with E-state index >= 15 is 0 Å². The van der Waals surface area contributed by atoms with Crippen molar-refractivity contribution in [1.29, 1.82) is 5.26 Å². The number of carboxylic acids is 1. The van der Waals surface area contributed by atoms with Gasteiger partial charge in [0.05, 0.1) is 5.56 Å². The fraction of sp³-hybridized carbons (Fsp3) is 0.120. The van der Waals surface area contributed by atoms with Gasteiger partial charge in [-0.05, 0) is 53.4 Å². The van der Waals surface area contributed by atoms with Crippen LogP contribution in [0.5, 0.6) is 0 Å². The molecule has 2 aromatic carbocycles. The van der Waals surface area contributed by atoms with Crippen LogP contribution in [0.2, 0.25) is 0 Å². The number of rotatable bonds is 7. The SMILES string of the molecule is N#Cc1c[nH]c2ccc(CCNC(=O)c3ccc(-c4ccc(=O)n(CC(=O)O)c4)cc3)cc12. The highest BCUT2D eigenvalue weighted by molar-refractivity contribution is 5.94. The molecule has 2 aromatic heterocycles. The molecule has 0 spiro atoms. The maximum Gasteiger partial charge on any atom is 0.323 e. The number of hydrogen-bond donors (Lipinski definition) is 3. The Morgan fingerprint density at radius 1 is 1.06 bits per heavy atom. The van der Waals surface area contributed by atoms with E-state index in [1.165, 1.54) is 12.3 Å². The molecule has 0 radical (unpaired) electrons. The quantitative estimate of drug-likeness (QED) is 0.407. The molecule has 0 aliphatic heterocycles. The number of aromatic nitrogens is 2. The Kier molecular flexibility index (Phi) is 6.04. The van der Waals surface area contributed by atoms with Crippen molar-refractivity contribution in [1.82, 2.24) is 14.9 Å². The number of H-pyrrole nitrogens is 1. The second-order valence-corrected chi connectivity index (χ2v) is 7.55. The average molecular weight is 440 g/mol. The van der Waals surface area contributed by atoms with E-state index < -0.39 is 18.1 Å². The van der Waals surface area contributed by atoms with E-state index in [1.54, 1.807) is 36.5 Å². The molecular formula is C25H20N4O4. The number of carbonyl (C=O) groups excluding carboxylic acids is 1. The lowest BCUT2D eigenvalue weighted by Crippen LogP contribution is -2.25. The number of nitrogens with one attached hydrogen (secondary N) is 2. The van der Waals surface area contributed by atoms with Crippen molar-refractivity contribution in [3.05, 3.63) is 94.0 Å². The molecule has 8 heteroatoms. The van der Waals surface area contributed by atoms with Gasteiger partial charge >= 0.3 is 5.97 Å². The molecule has 164 valence electrons. The molecule has 0 aliphatic rings. The summed E-state index contributed by atoms with van der Waals surface area (Å²) >= 11 is 0. The standard InChI is InChI=1S/C25H20N4O4/c26-12-20-13-28-22-7-1-16(11-21(20)22)9-10-27-25(33)18-4-2-17(3-5-18)19-6-8-23(30)29(14-19)15-24(31)32/h1-8,11,13-14,28H,9-10,15H2,(H,27,33)(H,31,32). The molecule has 0 bridgehead atoms. The number of nitriles is 1. The lowest BCUT2D eigenvalue weighted by Gasteiger charge is -2.08. The minimum absolute atomic E-state index is 0.210. The minimum Gasteiger partial charge on any atom is -0.480 e. The molecule has 2 heterocycles. The van der Waals surface area contributed by atoms with Crippen LogP contribution in [-0.2, 0) is 17.8 Å². The van der Waals surface area contributed by atoms with Crippen LogP contribution in [0.4, 0.5) is 0 Å². The molecule has 0 saturated carbocycles. The highest BCUT2D eigenvalue weighted by atomic mass is 16.4. The van der Waals surface area contributed by atoms with Crippen LogP contribution in [0, 0.1) is 11.3 Å². The van der Waals surface area contributed by atoms with Crippen LogP contribution in [0.15, 0.2) is 71.8 Å². The number of carbonyl (C=O) groups is 2. The fourth-order valence-corrected chi connectivity index (χ4v) is 3.62. The predicted octanol–water partition coefficient (Wildman–Crippen LogP) is 2.93. The van der Waals surface area contributed by atoms with Gasteiger partial charge in [0.2, 0.25) is 0 Å². The molecule has 0 fully saturated rings. The average Bonchev–Trinajstić information content (AvgIpc) is 3.22. The third kappa shape index (κ3) is 4.83. The summed E-state index contributed by atoms with van der Waals surface area (Å²) in [7, 11) is 0. The van der Waals surface area contributed by atoms with Crippen molar-refractivity contribution in [3.63, 3.8) is 0 Å². The van der Waals surface area contributed by atoms with Gasteiger partial charge in [-0.1, -0.05) is 18.2 Å². The molecule has 1 amide bonds. The highest BCUT2D eigenvalue weighted by Gasteiger charge is 2.09. The number of pyridine rings is 1. The summed E-state index contributed by atoms with van der Waals surface area (Å²) in [5.74, 6) is -1.31. The first-order valence-electron chi connectivity index (χ1n) is 10.3. The molecule has 0 saturated heterocycles. The van der Waals surface area contributed by atoms with Gasteiger partial charge in [-0.2, -0.15) is 5.26 Å². The van der Waals surface area contributed by atoms with Crippen molar-refractivity contribution >= 4 is 22.8 Å². The molecule has 33 heavy (non-hydrogen) atoms. The largest absolute Gasteiger partial charge is 0.480 e. The maximum atomic E-state index is 12.5. The first-order chi connectivity index (χ1) is 15.9. The molecule has 0 atom stereocenters. The fourth-order valence-electron chi connectivity index (χ4n) is 3.62. The van der Waals surface area contributed by atoms with E-state index in [0.717, 1.165) is 26.6 Å². The summed E-state index contributed by atoms with van der Waals surface area (Å²) in [5, 5.41) is 21.9. The van der Waals surface area contributed by atoms with Gasteiger partial charge in [-0.3, -0.25) is 14.4 Å². The Bertz CT molecular complexity index is 1440. The summed E-state index contributed by atoms with van der Waals surface area (Å²) in [6, 6.07) is 17.8. The zero-order valence-corrected chi connectivity index (χ0v) is 17.5. The number of fused-ring (bicyclic) bond motifs is 1. The number of aliphatic carboxylic acids is 1. The van der Waals surface area contributed by atoms with Crippen LogP contribution in [-0.4, -0.2) is 33.1 Å². The van der Waals surface area contributed by atoms with Crippen LogP contribution >= 0.6 is 0 Å². The summed E-state index contributed by atoms with van der Waals surface area (Å²) in [5.41, 5.74) is 4.05. The lowest BCUT2D eigenvalue weighted by molar-refractivity contribution is -0.137. The normalized spacial score (nSPS) is 10.6. The van der Waals surface area contributed by atoms with Gasteiger partial charge in [0.1, 0.15) is 12.6 Å². The van der Waals surface area contributed by atoms with Crippen molar-refractivity contribution in [2.45, 2.75) is 13.0 Å². The van der Waals surface area contributed by atoms with Gasteiger partial charge in [-0.25, -0.2) is 0 Å². The first kappa shape index (κ1) is 21.6. The summed E-state index contributed by atoms with van der Waals surface area (Å²) < 4.78 is 1.13. The van der Waals surface area contributed by atoms with Crippen molar-refractivity contribution < 1.29 is 14.7 Å². The van der Waals surface area contributed by atoms with Crippen LogP contribution in [0.3, 0.4) is 0 Å². The van der Waals surface area contributed by atoms with E-state index in [9.17, 15) is 19.6 Å². The van der Waals surface area contributed by atoms with Crippen molar-refractivity contribution in [3.8, 4) is 17.2 Å². The van der Waals surface area contributed by atoms with Crippen LogP contribution in [0.1, 0.15) is 21.5 Å². The predicted molar refractivity (Wildman–Crippen MR) is 123 cm³/mol. The Balaban J connectivity index is 1.39. The van der Waals surface area contributed by atoms with Gasteiger partial charge in [-0.15, -0.1) is 0 Å². The van der Waals surface area contributed by atoms with Gasteiger partial charge < -0.3 is 20.0 Å². The third-order valence-electron chi connectivity index (χ3n) is 5.34. The van der Waals surface area contributed by atoms with Gasteiger partial charge in [0, 0.05) is 41.5 Å². The number of carboxylic acid groups (broad SMARTS) is 1. The summed E-state index contributed by atoms with van der Waals surface area (Å²) in [4.78, 5) is 38.3. The van der Waals surface area contributed by atoms with Crippen LogP contribution in [0.25, 0.3) is 22.0 Å². The Hall–Kier alpha value is -4.64. The molecule has 3 N–H and O–H groups in total. The molecule has 4 rings (SSSR count). The molecule has 8 nitrogen and oxygen atoms in total. The molecule has 4 aromatic rings. The van der Waals surface area contributed by atoms with E-state index in [0.29, 0.717) is 29.7 Å².